The second-order valence-corrected chi connectivity index (χ2v) is 3.78. The Morgan fingerprint density at radius 1 is 1.47 bits per heavy atom. The molecule has 2 aromatic heterocycles. The van der Waals surface area contributed by atoms with Crippen LogP contribution in [0.1, 0.15) is 16.1 Å². The van der Waals surface area contributed by atoms with E-state index in [1.54, 1.807) is 21.8 Å². The zero-order chi connectivity index (χ0) is 12.3. The lowest BCUT2D eigenvalue weighted by Gasteiger charge is -1.94. The van der Waals surface area contributed by atoms with Crippen molar-refractivity contribution in [2.75, 3.05) is 6.54 Å². The molecule has 7 heteroatoms. The number of carbonyl (C=O) groups excluding carboxylic acids is 1. The zero-order valence-corrected chi connectivity index (χ0v) is 9.58. The molecule has 0 aromatic carbocycles. The molecule has 0 spiro atoms. The Balaban J connectivity index is 2.03. The Hall–Kier alpha value is -2.02. The predicted octanol–water partition coefficient (Wildman–Crippen LogP) is -0.604. The molecule has 17 heavy (non-hydrogen) atoms. The van der Waals surface area contributed by atoms with Gasteiger partial charge in [0.05, 0.1) is 18.9 Å². The summed E-state index contributed by atoms with van der Waals surface area (Å²) in [5, 5.41) is 11.6. The van der Waals surface area contributed by atoms with E-state index in [1.807, 2.05) is 13.2 Å². The normalized spacial score (nSPS) is 10.7. The second-order valence-electron chi connectivity index (χ2n) is 3.78. The minimum atomic E-state index is -0.0683. The van der Waals surface area contributed by atoms with Crippen LogP contribution in [-0.4, -0.2) is 37.1 Å². The molecule has 7 nitrogen and oxygen atoms in total. The number of hydrogen-bond acceptors (Lipinski definition) is 5. The maximum Gasteiger partial charge on any atom is 0.189 e. The first-order chi connectivity index (χ1) is 8.19. The molecule has 2 heterocycles. The van der Waals surface area contributed by atoms with Crippen LogP contribution >= 0.6 is 0 Å². The highest BCUT2D eigenvalue weighted by Gasteiger charge is 2.12. The average molecular weight is 234 g/mol. The van der Waals surface area contributed by atoms with Gasteiger partial charge in [0, 0.05) is 26.2 Å². The third-order valence-corrected chi connectivity index (χ3v) is 2.31. The van der Waals surface area contributed by atoms with Gasteiger partial charge in [0.2, 0.25) is 0 Å². The summed E-state index contributed by atoms with van der Waals surface area (Å²) in [7, 11) is 1.81. The summed E-state index contributed by atoms with van der Waals surface area (Å²) < 4.78 is 3.23. The fourth-order valence-electron chi connectivity index (χ4n) is 1.51. The highest BCUT2D eigenvalue weighted by Crippen LogP contribution is 2.03. The van der Waals surface area contributed by atoms with Crippen molar-refractivity contribution in [3.8, 4) is 0 Å². The summed E-state index contributed by atoms with van der Waals surface area (Å²) in [6.45, 7) is 1.03. The Kier molecular flexibility index (Phi) is 3.29. The van der Waals surface area contributed by atoms with Gasteiger partial charge in [-0.3, -0.25) is 14.2 Å². The number of aryl methyl sites for hydroxylation is 1. The number of carbonyl (C=O) groups is 1. The minimum absolute atomic E-state index is 0.0683. The van der Waals surface area contributed by atoms with Crippen molar-refractivity contribution in [1.82, 2.24) is 24.8 Å². The quantitative estimate of drug-likeness (QED) is 0.697. The van der Waals surface area contributed by atoms with Crippen LogP contribution < -0.4 is 5.73 Å². The molecule has 0 fully saturated rings. The molecule has 0 amide bonds. The molecule has 0 radical (unpaired) electrons. The Morgan fingerprint density at radius 2 is 2.29 bits per heavy atom. The Bertz CT molecular complexity index is 514. The number of nitrogens with zero attached hydrogens (tertiary/aromatic N) is 5. The van der Waals surface area contributed by atoms with E-state index in [1.165, 1.54) is 0 Å². The van der Waals surface area contributed by atoms with Crippen LogP contribution in [0.3, 0.4) is 0 Å². The summed E-state index contributed by atoms with van der Waals surface area (Å²) in [6, 6.07) is 0. The number of nitrogens with two attached hydrogens (primary N) is 1. The van der Waals surface area contributed by atoms with Gasteiger partial charge in [-0.05, 0) is 5.56 Å². The Labute approximate surface area is 98.2 Å². The SMILES string of the molecule is Cn1cc(CC(=O)c2cn(CCN)nn2)cn1. The number of aromatic nitrogens is 5. The van der Waals surface area contributed by atoms with Crippen molar-refractivity contribution >= 4 is 5.78 Å². The lowest BCUT2D eigenvalue weighted by Crippen LogP contribution is -2.10. The molecule has 2 aromatic rings. The fraction of sp³-hybridized carbons (Fsp3) is 0.400. The average Bonchev–Trinajstić information content (AvgIpc) is 2.88. The maximum atomic E-state index is 11.9. The lowest BCUT2D eigenvalue weighted by atomic mass is 10.1. The minimum Gasteiger partial charge on any atom is -0.329 e. The lowest BCUT2D eigenvalue weighted by molar-refractivity contribution is 0.0988. The van der Waals surface area contributed by atoms with Gasteiger partial charge in [-0.15, -0.1) is 5.10 Å². The first kappa shape index (κ1) is 11.5. The third kappa shape index (κ3) is 2.76. The van der Waals surface area contributed by atoms with Crippen LogP contribution in [0.25, 0.3) is 0 Å². The summed E-state index contributed by atoms with van der Waals surface area (Å²) in [6.07, 6.45) is 5.38. The number of Topliss-reactive ketones (excluding diaryl/α,β-unsaturated/α-hetero) is 1. The fourth-order valence-corrected chi connectivity index (χ4v) is 1.51. The standard InChI is InChI=1S/C10H14N6O/c1-15-6-8(5-12-15)4-10(17)9-7-16(3-2-11)14-13-9/h5-7H,2-4,11H2,1H3. The van der Waals surface area contributed by atoms with Gasteiger partial charge >= 0.3 is 0 Å². The molecular weight excluding hydrogens is 220 g/mol. The van der Waals surface area contributed by atoms with Crippen LogP contribution in [0.4, 0.5) is 0 Å². The Morgan fingerprint density at radius 3 is 2.94 bits per heavy atom. The van der Waals surface area contributed by atoms with E-state index >= 15 is 0 Å². The van der Waals surface area contributed by atoms with E-state index in [9.17, 15) is 4.79 Å². The molecule has 0 aliphatic carbocycles. The van der Waals surface area contributed by atoms with E-state index in [0.717, 1.165) is 5.56 Å². The number of hydrogen-bond donors (Lipinski definition) is 1. The summed E-state index contributed by atoms with van der Waals surface area (Å²) in [5.74, 6) is -0.0683. The highest BCUT2D eigenvalue weighted by atomic mass is 16.1. The van der Waals surface area contributed by atoms with Crippen LogP contribution in [-0.2, 0) is 20.0 Å². The first-order valence-electron chi connectivity index (χ1n) is 5.30. The third-order valence-electron chi connectivity index (χ3n) is 2.31. The molecule has 2 rings (SSSR count). The van der Waals surface area contributed by atoms with Gasteiger partial charge in [-0.2, -0.15) is 5.10 Å². The van der Waals surface area contributed by atoms with Crippen molar-refractivity contribution in [3.05, 3.63) is 29.8 Å². The maximum absolute atomic E-state index is 11.9. The molecule has 2 N–H and O–H groups in total. The molecule has 0 saturated carbocycles. The smallest absolute Gasteiger partial charge is 0.189 e. The molecule has 0 atom stereocenters. The molecule has 0 aliphatic heterocycles. The van der Waals surface area contributed by atoms with Crippen molar-refractivity contribution < 1.29 is 4.79 Å². The highest BCUT2D eigenvalue weighted by molar-refractivity contribution is 5.95. The topological polar surface area (TPSA) is 91.6 Å². The van der Waals surface area contributed by atoms with Gasteiger partial charge in [-0.1, -0.05) is 5.21 Å². The van der Waals surface area contributed by atoms with Crippen LogP contribution in [0.5, 0.6) is 0 Å². The number of rotatable bonds is 5. The van der Waals surface area contributed by atoms with Gasteiger partial charge < -0.3 is 5.73 Å². The van der Waals surface area contributed by atoms with Crippen LogP contribution in [0, 0.1) is 0 Å². The van der Waals surface area contributed by atoms with Crippen molar-refractivity contribution in [2.45, 2.75) is 13.0 Å². The van der Waals surface area contributed by atoms with Crippen molar-refractivity contribution in [2.24, 2.45) is 12.8 Å². The van der Waals surface area contributed by atoms with E-state index in [-0.39, 0.29) is 12.2 Å². The van der Waals surface area contributed by atoms with Gasteiger partial charge in [-0.25, -0.2) is 0 Å². The zero-order valence-electron chi connectivity index (χ0n) is 9.58. The number of ketones is 1. The second kappa shape index (κ2) is 4.88. The summed E-state index contributed by atoms with van der Waals surface area (Å²) in [4.78, 5) is 11.9. The van der Waals surface area contributed by atoms with Crippen LogP contribution in [0.2, 0.25) is 0 Å². The molecule has 0 bridgehead atoms. The molecule has 0 unspecified atom stereocenters. The van der Waals surface area contributed by atoms with Gasteiger partial charge in [0.15, 0.2) is 5.78 Å². The summed E-state index contributed by atoms with van der Waals surface area (Å²) >= 11 is 0. The van der Waals surface area contributed by atoms with E-state index in [0.29, 0.717) is 18.8 Å². The van der Waals surface area contributed by atoms with Crippen LogP contribution in [0.15, 0.2) is 18.6 Å². The monoisotopic (exact) mass is 234 g/mol. The molecule has 0 saturated heterocycles. The molecule has 90 valence electrons. The largest absolute Gasteiger partial charge is 0.329 e. The van der Waals surface area contributed by atoms with Crippen molar-refractivity contribution in [3.63, 3.8) is 0 Å². The van der Waals surface area contributed by atoms with Gasteiger partial charge in [0.25, 0.3) is 0 Å². The van der Waals surface area contributed by atoms with E-state index in [4.69, 9.17) is 5.73 Å². The molecular formula is C10H14N6O. The predicted molar refractivity (Wildman–Crippen MR) is 60.3 cm³/mol. The molecule has 0 aliphatic rings. The van der Waals surface area contributed by atoms with E-state index in [2.05, 4.69) is 15.4 Å². The van der Waals surface area contributed by atoms with Crippen molar-refractivity contribution in [1.29, 1.82) is 0 Å². The summed E-state index contributed by atoms with van der Waals surface area (Å²) in [5.41, 5.74) is 6.62. The first-order valence-corrected chi connectivity index (χ1v) is 5.30. The van der Waals surface area contributed by atoms with Gasteiger partial charge in [0.1, 0.15) is 5.69 Å². The van der Waals surface area contributed by atoms with E-state index < -0.39 is 0 Å².